The van der Waals surface area contributed by atoms with Crippen LogP contribution in [0.3, 0.4) is 0 Å². The van der Waals surface area contributed by atoms with E-state index in [4.69, 9.17) is 32.8 Å². The zero-order valence-electron chi connectivity index (χ0n) is 17.5. The number of nitrogens with one attached hydrogen (secondary N) is 1. The average Bonchev–Trinajstić information content (AvgIpc) is 3.22. The molecule has 5 nitrogen and oxygen atoms in total. The van der Waals surface area contributed by atoms with E-state index >= 15 is 4.39 Å². The monoisotopic (exact) mass is 522 g/mol. The summed E-state index contributed by atoms with van der Waals surface area (Å²) in [5.74, 6) is -1.39. The van der Waals surface area contributed by atoms with Gasteiger partial charge >= 0.3 is 6.18 Å². The Morgan fingerprint density at radius 1 is 1.15 bits per heavy atom. The van der Waals surface area contributed by atoms with Gasteiger partial charge in [-0.05, 0) is 29.3 Å². The van der Waals surface area contributed by atoms with Crippen LogP contribution in [-0.2, 0) is 25.6 Å². The third kappa shape index (κ3) is 4.13. The summed E-state index contributed by atoms with van der Waals surface area (Å²) in [4.78, 5) is 18.0. The fourth-order valence-corrected chi connectivity index (χ4v) is 4.32. The number of ether oxygens (including phenoxy) is 1. The maximum atomic E-state index is 15.1. The SMILES string of the molecule is COCC(=O)N1CC(F)(c2ccc(C3=CC(c4cc(Cl)c(F)c(Cl)c4)(C(F)(F)F)ON3)cc2)C1. The summed E-state index contributed by atoms with van der Waals surface area (Å²) in [6.07, 6.45) is -4.18. The van der Waals surface area contributed by atoms with Gasteiger partial charge in [-0.2, -0.15) is 13.2 Å². The van der Waals surface area contributed by atoms with Crippen LogP contribution in [0, 0.1) is 5.82 Å². The van der Waals surface area contributed by atoms with Gasteiger partial charge < -0.3 is 9.64 Å². The van der Waals surface area contributed by atoms with Gasteiger partial charge in [0.2, 0.25) is 11.5 Å². The predicted molar refractivity (Wildman–Crippen MR) is 114 cm³/mol. The Balaban J connectivity index is 1.61. The molecule has 1 atom stereocenters. The van der Waals surface area contributed by atoms with Crippen molar-refractivity contribution in [3.05, 3.63) is 75.0 Å². The van der Waals surface area contributed by atoms with Crippen molar-refractivity contribution in [1.82, 2.24) is 10.4 Å². The fraction of sp³-hybridized carbons (Fsp3) is 0.318. The molecule has 0 spiro atoms. The summed E-state index contributed by atoms with van der Waals surface area (Å²) >= 11 is 11.4. The number of rotatable bonds is 5. The van der Waals surface area contributed by atoms with E-state index in [0.717, 1.165) is 18.2 Å². The van der Waals surface area contributed by atoms with Gasteiger partial charge in [-0.3, -0.25) is 15.1 Å². The lowest BCUT2D eigenvalue weighted by Gasteiger charge is -2.44. The van der Waals surface area contributed by atoms with Gasteiger partial charge in [0, 0.05) is 12.7 Å². The van der Waals surface area contributed by atoms with Crippen LogP contribution in [0.15, 0.2) is 42.5 Å². The standard InChI is InChI=1S/C22H17Cl2F5N2O3/c1-33-9-18(32)31-10-20(26,11-31)13-4-2-12(3-5-13)17-8-21(34-30-17,22(27,28)29)14-6-15(23)19(25)16(24)7-14/h2-8,30H,9-11H2,1H3. The second-order valence-electron chi connectivity index (χ2n) is 7.97. The van der Waals surface area contributed by atoms with Crippen molar-refractivity contribution in [3.63, 3.8) is 0 Å². The van der Waals surface area contributed by atoms with Crippen LogP contribution >= 0.6 is 23.2 Å². The number of hydrogen-bond acceptors (Lipinski definition) is 4. The predicted octanol–water partition coefficient (Wildman–Crippen LogP) is 5.12. The second kappa shape index (κ2) is 8.67. The van der Waals surface area contributed by atoms with Gasteiger partial charge in [0.05, 0.1) is 28.8 Å². The van der Waals surface area contributed by atoms with Gasteiger partial charge in [0.25, 0.3) is 0 Å². The molecule has 2 aromatic rings. The van der Waals surface area contributed by atoms with Gasteiger partial charge in [-0.25, -0.2) is 8.78 Å². The number of methoxy groups -OCH3 is 1. The van der Waals surface area contributed by atoms with Crippen LogP contribution in [-0.4, -0.2) is 43.8 Å². The van der Waals surface area contributed by atoms with E-state index in [1.807, 2.05) is 0 Å². The molecular formula is C22H17Cl2F5N2O3. The number of hydrogen-bond donors (Lipinski definition) is 1. The van der Waals surface area contributed by atoms with Crippen molar-refractivity contribution < 1.29 is 36.3 Å². The van der Waals surface area contributed by atoms with Crippen LogP contribution in [0.2, 0.25) is 10.0 Å². The molecule has 1 saturated heterocycles. The topological polar surface area (TPSA) is 50.8 Å². The molecular weight excluding hydrogens is 506 g/mol. The normalized spacial score (nSPS) is 21.6. The van der Waals surface area contributed by atoms with Crippen LogP contribution in [0.1, 0.15) is 16.7 Å². The minimum Gasteiger partial charge on any atom is -0.375 e. The Kier molecular flexibility index (Phi) is 6.30. The van der Waals surface area contributed by atoms with Gasteiger partial charge in [-0.1, -0.05) is 47.5 Å². The summed E-state index contributed by atoms with van der Waals surface area (Å²) in [7, 11) is 1.36. The highest BCUT2D eigenvalue weighted by molar-refractivity contribution is 6.35. The number of nitrogens with zero attached hydrogens (tertiary/aromatic N) is 1. The number of benzene rings is 2. The van der Waals surface area contributed by atoms with E-state index in [0.29, 0.717) is 0 Å². The molecule has 2 aromatic carbocycles. The fourth-order valence-electron chi connectivity index (χ4n) is 3.84. The molecule has 1 N–H and O–H groups in total. The largest absolute Gasteiger partial charge is 0.428 e. The van der Waals surface area contributed by atoms with E-state index in [2.05, 4.69) is 5.48 Å². The number of likely N-dealkylation sites (tertiary alicyclic amines) is 1. The molecule has 0 saturated carbocycles. The molecule has 1 amide bonds. The zero-order valence-corrected chi connectivity index (χ0v) is 19.0. The molecule has 2 heterocycles. The van der Waals surface area contributed by atoms with Crippen molar-refractivity contribution >= 4 is 34.8 Å². The third-order valence-electron chi connectivity index (χ3n) is 5.72. The number of amides is 1. The first-order valence-corrected chi connectivity index (χ1v) is 10.6. The van der Waals surface area contributed by atoms with Crippen LogP contribution < -0.4 is 5.48 Å². The minimum atomic E-state index is -4.96. The molecule has 182 valence electrons. The lowest BCUT2D eigenvalue weighted by molar-refractivity contribution is -0.269. The molecule has 2 aliphatic heterocycles. The van der Waals surface area contributed by atoms with Gasteiger partial charge in [-0.15, -0.1) is 0 Å². The first-order valence-electron chi connectivity index (χ1n) is 9.85. The number of halogens is 7. The molecule has 2 aliphatic rings. The van der Waals surface area contributed by atoms with E-state index < -0.39 is 38.9 Å². The number of carbonyl (C=O) groups excluding carboxylic acids is 1. The first-order chi connectivity index (χ1) is 15.9. The maximum Gasteiger partial charge on any atom is 0.428 e. The Morgan fingerprint density at radius 3 is 2.26 bits per heavy atom. The molecule has 1 fully saturated rings. The summed E-state index contributed by atoms with van der Waals surface area (Å²) in [5, 5.41) is -1.18. The Hall–Kier alpha value is -2.40. The first kappa shape index (κ1) is 24.7. The maximum absolute atomic E-state index is 15.1. The second-order valence-corrected chi connectivity index (χ2v) is 8.79. The van der Waals surface area contributed by atoms with Crippen LogP contribution in [0.25, 0.3) is 5.70 Å². The molecule has 0 radical (unpaired) electrons. The number of hydroxylamine groups is 1. The Bertz CT molecular complexity index is 1130. The lowest BCUT2D eigenvalue weighted by atomic mass is 9.87. The van der Waals surface area contributed by atoms with Crippen molar-refractivity contribution in [2.45, 2.75) is 17.4 Å². The third-order valence-corrected chi connectivity index (χ3v) is 6.27. The van der Waals surface area contributed by atoms with E-state index in [-0.39, 0.29) is 42.4 Å². The lowest BCUT2D eigenvalue weighted by Crippen LogP contribution is -2.59. The molecule has 1 unspecified atom stereocenters. The van der Waals surface area contributed by atoms with Crippen molar-refractivity contribution in [2.75, 3.05) is 26.8 Å². The van der Waals surface area contributed by atoms with E-state index in [1.165, 1.54) is 36.3 Å². The van der Waals surface area contributed by atoms with E-state index in [9.17, 15) is 22.4 Å². The minimum absolute atomic E-state index is 0.0427. The number of alkyl halides is 4. The highest BCUT2D eigenvalue weighted by Crippen LogP contribution is 2.48. The van der Waals surface area contributed by atoms with Gasteiger partial charge in [0.15, 0.2) is 11.5 Å². The molecule has 0 bridgehead atoms. The molecule has 0 aromatic heterocycles. The number of carbonyl (C=O) groups is 1. The summed E-state index contributed by atoms with van der Waals surface area (Å²) < 4.78 is 75.9. The van der Waals surface area contributed by atoms with Crippen molar-refractivity contribution in [1.29, 1.82) is 0 Å². The quantitative estimate of drug-likeness (QED) is 0.437. The zero-order chi connectivity index (χ0) is 24.9. The molecule has 12 heteroatoms. The summed E-state index contributed by atoms with van der Waals surface area (Å²) in [5.41, 5.74) is -2.52. The van der Waals surface area contributed by atoms with Crippen molar-refractivity contribution in [2.24, 2.45) is 0 Å². The summed E-state index contributed by atoms with van der Waals surface area (Å²) in [6.45, 7) is -0.454. The Labute approximate surface area is 201 Å². The molecule has 34 heavy (non-hydrogen) atoms. The molecule has 0 aliphatic carbocycles. The Morgan fingerprint density at radius 2 is 1.74 bits per heavy atom. The van der Waals surface area contributed by atoms with Crippen LogP contribution in [0.4, 0.5) is 22.0 Å². The molecule has 4 rings (SSSR count). The summed E-state index contributed by atoms with van der Waals surface area (Å²) in [6, 6.07) is 7.29. The highest BCUT2D eigenvalue weighted by atomic mass is 35.5. The van der Waals surface area contributed by atoms with E-state index in [1.54, 1.807) is 0 Å². The smallest absolute Gasteiger partial charge is 0.375 e. The van der Waals surface area contributed by atoms with Crippen LogP contribution in [0.5, 0.6) is 0 Å². The highest BCUT2D eigenvalue weighted by Gasteiger charge is 2.60. The van der Waals surface area contributed by atoms with Crippen molar-refractivity contribution in [3.8, 4) is 0 Å². The van der Waals surface area contributed by atoms with Gasteiger partial charge in [0.1, 0.15) is 6.61 Å². The average molecular weight is 523 g/mol.